The van der Waals surface area contributed by atoms with Gasteiger partial charge in [0.25, 0.3) is 0 Å². The molecule has 0 bridgehead atoms. The Morgan fingerprint density at radius 3 is 2.79 bits per heavy atom. The van der Waals surface area contributed by atoms with Crippen LogP contribution < -0.4 is 5.32 Å². The van der Waals surface area contributed by atoms with E-state index in [-0.39, 0.29) is 23.9 Å². The largest absolute Gasteiger partial charge is 0.479 e. The maximum atomic E-state index is 13.5. The van der Waals surface area contributed by atoms with E-state index in [0.717, 1.165) is 12.1 Å². The number of carbonyl (C=O) groups is 1. The van der Waals surface area contributed by atoms with Crippen molar-refractivity contribution in [1.82, 2.24) is 0 Å². The maximum absolute atomic E-state index is 13.5. The van der Waals surface area contributed by atoms with Crippen LogP contribution in [0.2, 0.25) is 0 Å². The van der Waals surface area contributed by atoms with Crippen molar-refractivity contribution in [3.63, 3.8) is 0 Å². The second kappa shape index (κ2) is 5.52. The number of aliphatic carboxylic acids is 1. The predicted octanol–water partition coefficient (Wildman–Crippen LogP) is 2.32. The number of hydrogen-bond donors (Lipinski definition) is 2. The molecule has 0 spiro atoms. The van der Waals surface area contributed by atoms with Crippen LogP contribution in [0.4, 0.5) is 14.5 Å². The summed E-state index contributed by atoms with van der Waals surface area (Å²) in [7, 11) is 0. The number of aryl methyl sites for hydroxylation is 1. The first-order chi connectivity index (χ1) is 8.97. The van der Waals surface area contributed by atoms with Gasteiger partial charge < -0.3 is 15.2 Å². The second-order valence-electron chi connectivity index (χ2n) is 4.62. The van der Waals surface area contributed by atoms with Gasteiger partial charge in [-0.1, -0.05) is 0 Å². The van der Waals surface area contributed by atoms with E-state index in [4.69, 9.17) is 9.84 Å². The van der Waals surface area contributed by atoms with Crippen molar-refractivity contribution in [3.8, 4) is 0 Å². The number of rotatable bonds is 4. The molecule has 0 aliphatic carbocycles. The molecule has 1 fully saturated rings. The van der Waals surface area contributed by atoms with Gasteiger partial charge in [0.2, 0.25) is 0 Å². The maximum Gasteiger partial charge on any atom is 0.332 e. The van der Waals surface area contributed by atoms with Crippen molar-refractivity contribution in [2.45, 2.75) is 32.0 Å². The van der Waals surface area contributed by atoms with Gasteiger partial charge in [-0.25, -0.2) is 13.6 Å². The van der Waals surface area contributed by atoms with Crippen LogP contribution in [0.5, 0.6) is 0 Å². The molecule has 2 rings (SSSR count). The Morgan fingerprint density at radius 2 is 2.16 bits per heavy atom. The van der Waals surface area contributed by atoms with E-state index < -0.39 is 23.7 Å². The summed E-state index contributed by atoms with van der Waals surface area (Å²) in [4.78, 5) is 10.7. The number of carboxylic acids is 1. The number of nitrogens with one attached hydrogen (secondary N) is 1. The van der Waals surface area contributed by atoms with Gasteiger partial charge in [0.15, 0.2) is 6.10 Å². The molecule has 2 unspecified atom stereocenters. The minimum atomic E-state index is -0.991. The first-order valence-electron chi connectivity index (χ1n) is 6.05. The molecule has 0 radical (unpaired) electrons. The van der Waals surface area contributed by atoms with Crippen LogP contribution in [0.25, 0.3) is 0 Å². The number of halogens is 2. The predicted molar refractivity (Wildman–Crippen MR) is 65.1 cm³/mol. The molecular formula is C13H15F2NO3. The van der Waals surface area contributed by atoms with Gasteiger partial charge in [0.1, 0.15) is 11.6 Å². The highest BCUT2D eigenvalue weighted by Gasteiger charge is 2.30. The van der Waals surface area contributed by atoms with Crippen molar-refractivity contribution in [1.29, 1.82) is 0 Å². The van der Waals surface area contributed by atoms with Crippen LogP contribution in [0, 0.1) is 18.6 Å². The van der Waals surface area contributed by atoms with E-state index in [2.05, 4.69) is 5.32 Å². The molecular weight excluding hydrogens is 256 g/mol. The average Bonchev–Trinajstić information content (AvgIpc) is 2.81. The van der Waals surface area contributed by atoms with Crippen LogP contribution >= 0.6 is 0 Å². The number of anilines is 1. The van der Waals surface area contributed by atoms with Gasteiger partial charge in [0, 0.05) is 12.6 Å². The highest BCUT2D eigenvalue weighted by atomic mass is 19.1. The molecule has 1 saturated heterocycles. The Kier molecular flexibility index (Phi) is 3.99. The molecule has 1 aliphatic rings. The molecule has 6 heteroatoms. The van der Waals surface area contributed by atoms with Crippen LogP contribution in [-0.4, -0.2) is 29.8 Å². The first-order valence-corrected chi connectivity index (χ1v) is 6.05. The molecule has 1 heterocycles. The van der Waals surface area contributed by atoms with Crippen molar-refractivity contribution >= 4 is 11.7 Å². The van der Waals surface area contributed by atoms with E-state index in [0.29, 0.717) is 12.8 Å². The van der Waals surface area contributed by atoms with E-state index in [9.17, 15) is 13.6 Å². The fraction of sp³-hybridized carbons (Fsp3) is 0.462. The normalized spacial score (nSPS) is 22.5. The summed E-state index contributed by atoms with van der Waals surface area (Å²) in [5.74, 6) is -2.01. The topological polar surface area (TPSA) is 58.6 Å². The highest BCUT2D eigenvalue weighted by molar-refractivity contribution is 5.72. The third-order valence-electron chi connectivity index (χ3n) is 3.15. The minimum absolute atomic E-state index is 0.0606. The van der Waals surface area contributed by atoms with Gasteiger partial charge in [-0.2, -0.15) is 0 Å². The number of hydrogen-bond acceptors (Lipinski definition) is 3. The van der Waals surface area contributed by atoms with Gasteiger partial charge in [-0.05, 0) is 31.4 Å². The number of ether oxygens (including phenoxy) is 1. The molecule has 19 heavy (non-hydrogen) atoms. The summed E-state index contributed by atoms with van der Waals surface area (Å²) in [6.07, 6.45) is -0.0805. The molecule has 0 amide bonds. The van der Waals surface area contributed by atoms with Gasteiger partial charge in [-0.15, -0.1) is 0 Å². The monoisotopic (exact) mass is 271 g/mol. The Morgan fingerprint density at radius 1 is 1.42 bits per heavy atom. The molecule has 2 N–H and O–H groups in total. The van der Waals surface area contributed by atoms with Crippen LogP contribution in [0.1, 0.15) is 18.4 Å². The van der Waals surface area contributed by atoms with Crippen LogP contribution in [-0.2, 0) is 9.53 Å². The van der Waals surface area contributed by atoms with Crippen molar-refractivity contribution < 1.29 is 23.4 Å². The SMILES string of the molecule is Cc1cc(F)c(NCC2CCC(C(=O)O)O2)cc1F. The van der Waals surface area contributed by atoms with E-state index >= 15 is 0 Å². The number of benzene rings is 1. The van der Waals surface area contributed by atoms with E-state index in [1.165, 1.54) is 6.92 Å². The molecule has 0 saturated carbocycles. The molecule has 1 aromatic carbocycles. The van der Waals surface area contributed by atoms with Crippen molar-refractivity contribution in [3.05, 3.63) is 29.3 Å². The molecule has 4 nitrogen and oxygen atoms in total. The standard InChI is InChI=1S/C13H15F2NO3/c1-7-4-10(15)11(5-9(7)14)16-6-8-2-3-12(19-8)13(17)18/h4-5,8,12,16H,2-3,6H2,1H3,(H,17,18). The number of carboxylic acid groups (broad SMARTS) is 1. The lowest BCUT2D eigenvalue weighted by Gasteiger charge is -2.14. The van der Waals surface area contributed by atoms with Crippen LogP contribution in [0.3, 0.4) is 0 Å². The third kappa shape index (κ3) is 3.20. The highest BCUT2D eigenvalue weighted by Crippen LogP contribution is 2.22. The van der Waals surface area contributed by atoms with Crippen LogP contribution in [0.15, 0.2) is 12.1 Å². The quantitative estimate of drug-likeness (QED) is 0.882. The second-order valence-corrected chi connectivity index (χ2v) is 4.62. The molecule has 1 aromatic rings. The zero-order chi connectivity index (χ0) is 14.0. The lowest BCUT2D eigenvalue weighted by atomic mass is 10.1. The first kappa shape index (κ1) is 13.7. The summed E-state index contributed by atoms with van der Waals surface area (Å²) in [5, 5.41) is 11.5. The summed E-state index contributed by atoms with van der Waals surface area (Å²) in [6, 6.07) is 2.21. The van der Waals surface area contributed by atoms with Gasteiger partial charge >= 0.3 is 5.97 Å². The Labute approximate surface area is 109 Å². The zero-order valence-corrected chi connectivity index (χ0v) is 10.5. The van der Waals surface area contributed by atoms with Gasteiger partial charge in [0.05, 0.1) is 11.8 Å². The van der Waals surface area contributed by atoms with Gasteiger partial charge in [-0.3, -0.25) is 0 Å². The Bertz CT molecular complexity index is 493. The summed E-state index contributed by atoms with van der Waals surface area (Å²) >= 11 is 0. The lowest BCUT2D eigenvalue weighted by molar-refractivity contribution is -0.149. The van der Waals surface area contributed by atoms with E-state index in [1.807, 2.05) is 0 Å². The fourth-order valence-electron chi connectivity index (χ4n) is 2.04. The average molecular weight is 271 g/mol. The zero-order valence-electron chi connectivity index (χ0n) is 10.5. The van der Waals surface area contributed by atoms with Crippen molar-refractivity contribution in [2.24, 2.45) is 0 Å². The molecule has 0 aromatic heterocycles. The third-order valence-corrected chi connectivity index (χ3v) is 3.15. The molecule has 2 atom stereocenters. The Balaban J connectivity index is 1.93. The molecule has 104 valence electrons. The molecule has 1 aliphatic heterocycles. The lowest BCUT2D eigenvalue weighted by Crippen LogP contribution is -2.24. The summed E-state index contributed by atoms with van der Waals surface area (Å²) in [5.41, 5.74) is 0.302. The van der Waals surface area contributed by atoms with E-state index in [1.54, 1.807) is 0 Å². The summed E-state index contributed by atoms with van der Waals surface area (Å²) < 4.78 is 32.1. The Hall–Kier alpha value is -1.69. The minimum Gasteiger partial charge on any atom is -0.479 e. The summed E-state index contributed by atoms with van der Waals surface area (Å²) in [6.45, 7) is 1.74. The smallest absolute Gasteiger partial charge is 0.332 e. The fourth-order valence-corrected chi connectivity index (χ4v) is 2.04. The van der Waals surface area contributed by atoms with Crippen molar-refractivity contribution in [2.75, 3.05) is 11.9 Å².